The van der Waals surface area contributed by atoms with E-state index < -0.39 is 11.5 Å². The monoisotopic (exact) mass is 286 g/mol. The van der Waals surface area contributed by atoms with E-state index in [9.17, 15) is 14.4 Å². The van der Waals surface area contributed by atoms with Crippen molar-refractivity contribution in [3.05, 3.63) is 0 Å². The maximum atomic E-state index is 11.5. The maximum Gasteiger partial charge on any atom is 0.323 e. The standard InChI is InChI=1S/C13H22N2O5/c1-2-20-11(17)5-3-8-14-10(16)9-15-13(12(18)19)6-4-7-13/h15H,2-9H2,1H3,(H,14,16)(H,18,19). The van der Waals surface area contributed by atoms with E-state index in [2.05, 4.69) is 10.6 Å². The summed E-state index contributed by atoms with van der Waals surface area (Å²) in [5.74, 6) is -1.44. The van der Waals surface area contributed by atoms with Crippen molar-refractivity contribution in [2.45, 2.75) is 44.6 Å². The quantitative estimate of drug-likeness (QED) is 0.408. The molecule has 0 aliphatic heterocycles. The van der Waals surface area contributed by atoms with Crippen LogP contribution in [0.2, 0.25) is 0 Å². The minimum atomic E-state index is -0.928. The fourth-order valence-corrected chi connectivity index (χ4v) is 2.00. The smallest absolute Gasteiger partial charge is 0.323 e. The molecule has 0 aromatic rings. The molecule has 0 spiro atoms. The third-order valence-corrected chi connectivity index (χ3v) is 3.39. The van der Waals surface area contributed by atoms with Crippen LogP contribution in [0.25, 0.3) is 0 Å². The van der Waals surface area contributed by atoms with Gasteiger partial charge in [-0.25, -0.2) is 0 Å². The fourth-order valence-electron chi connectivity index (χ4n) is 2.00. The Kier molecular flexibility index (Phi) is 6.44. The van der Waals surface area contributed by atoms with Crippen molar-refractivity contribution in [2.24, 2.45) is 0 Å². The van der Waals surface area contributed by atoms with Crippen molar-refractivity contribution in [3.8, 4) is 0 Å². The van der Waals surface area contributed by atoms with Crippen molar-refractivity contribution < 1.29 is 24.2 Å². The minimum absolute atomic E-state index is 0.0221. The molecule has 1 rings (SSSR count). The van der Waals surface area contributed by atoms with Gasteiger partial charge in [-0.05, 0) is 32.6 Å². The molecule has 1 aliphatic carbocycles. The first-order chi connectivity index (χ1) is 9.50. The summed E-state index contributed by atoms with van der Waals surface area (Å²) in [6, 6.07) is 0. The van der Waals surface area contributed by atoms with Crippen LogP contribution in [0.4, 0.5) is 0 Å². The molecule has 0 radical (unpaired) electrons. The molecule has 0 unspecified atom stereocenters. The van der Waals surface area contributed by atoms with E-state index in [1.54, 1.807) is 6.92 Å². The molecule has 0 atom stereocenters. The molecule has 0 bridgehead atoms. The zero-order valence-electron chi connectivity index (χ0n) is 11.7. The first-order valence-electron chi connectivity index (χ1n) is 6.91. The Morgan fingerprint density at radius 3 is 2.50 bits per heavy atom. The largest absolute Gasteiger partial charge is 0.480 e. The van der Waals surface area contributed by atoms with Gasteiger partial charge in [0.05, 0.1) is 13.2 Å². The van der Waals surface area contributed by atoms with Crippen molar-refractivity contribution in [1.29, 1.82) is 0 Å². The van der Waals surface area contributed by atoms with Gasteiger partial charge < -0.3 is 15.2 Å². The number of carbonyl (C=O) groups excluding carboxylic acids is 2. The molecule has 114 valence electrons. The number of rotatable bonds is 9. The third-order valence-electron chi connectivity index (χ3n) is 3.39. The van der Waals surface area contributed by atoms with Crippen LogP contribution in [0, 0.1) is 0 Å². The zero-order valence-corrected chi connectivity index (χ0v) is 11.7. The van der Waals surface area contributed by atoms with Crippen molar-refractivity contribution in [2.75, 3.05) is 19.7 Å². The van der Waals surface area contributed by atoms with Gasteiger partial charge in [-0.2, -0.15) is 0 Å². The van der Waals surface area contributed by atoms with Gasteiger partial charge in [-0.1, -0.05) is 0 Å². The van der Waals surface area contributed by atoms with E-state index in [-0.39, 0.29) is 24.8 Å². The topological polar surface area (TPSA) is 105 Å². The van der Waals surface area contributed by atoms with Gasteiger partial charge in [0, 0.05) is 13.0 Å². The van der Waals surface area contributed by atoms with Crippen LogP contribution in [0.15, 0.2) is 0 Å². The van der Waals surface area contributed by atoms with E-state index in [1.165, 1.54) is 0 Å². The number of aliphatic carboxylic acids is 1. The normalized spacial score (nSPS) is 16.1. The van der Waals surface area contributed by atoms with Crippen LogP contribution in [0.3, 0.4) is 0 Å². The summed E-state index contributed by atoms with van der Waals surface area (Å²) in [5.41, 5.74) is -0.928. The molecule has 1 aliphatic rings. The number of carboxylic acid groups (broad SMARTS) is 1. The molecule has 1 amide bonds. The van der Waals surface area contributed by atoms with Crippen LogP contribution in [0.5, 0.6) is 0 Å². The van der Waals surface area contributed by atoms with Gasteiger partial charge in [-0.3, -0.25) is 19.7 Å². The molecule has 3 N–H and O–H groups in total. The van der Waals surface area contributed by atoms with Gasteiger partial charge in [0.25, 0.3) is 0 Å². The van der Waals surface area contributed by atoms with E-state index in [0.717, 1.165) is 6.42 Å². The van der Waals surface area contributed by atoms with Crippen LogP contribution < -0.4 is 10.6 Å². The molecule has 0 heterocycles. The zero-order chi connectivity index (χ0) is 15.0. The second-order valence-corrected chi connectivity index (χ2v) is 4.85. The van der Waals surface area contributed by atoms with Crippen LogP contribution in [0.1, 0.15) is 39.0 Å². The summed E-state index contributed by atoms with van der Waals surface area (Å²) < 4.78 is 4.76. The summed E-state index contributed by atoms with van der Waals surface area (Å²) in [7, 11) is 0. The highest BCUT2D eigenvalue weighted by Crippen LogP contribution is 2.31. The van der Waals surface area contributed by atoms with E-state index in [0.29, 0.717) is 32.4 Å². The molecule has 7 heteroatoms. The summed E-state index contributed by atoms with van der Waals surface area (Å²) in [6.45, 7) is 2.45. The summed E-state index contributed by atoms with van der Waals surface area (Å²) >= 11 is 0. The molecule has 0 saturated heterocycles. The Bertz CT molecular complexity index is 366. The Morgan fingerprint density at radius 2 is 2.00 bits per heavy atom. The Hall–Kier alpha value is -1.63. The van der Waals surface area contributed by atoms with E-state index in [4.69, 9.17) is 9.84 Å². The average Bonchev–Trinajstić information content (AvgIpc) is 2.33. The number of hydrogen-bond donors (Lipinski definition) is 3. The second-order valence-electron chi connectivity index (χ2n) is 4.85. The van der Waals surface area contributed by atoms with Gasteiger partial charge in [-0.15, -0.1) is 0 Å². The molecule has 1 saturated carbocycles. The van der Waals surface area contributed by atoms with Crippen molar-refractivity contribution in [1.82, 2.24) is 10.6 Å². The number of ether oxygens (including phenoxy) is 1. The van der Waals surface area contributed by atoms with Gasteiger partial charge in [0.1, 0.15) is 5.54 Å². The molecule has 0 aromatic carbocycles. The number of carbonyl (C=O) groups is 3. The molecule has 7 nitrogen and oxygen atoms in total. The van der Waals surface area contributed by atoms with Gasteiger partial charge in [0.2, 0.25) is 5.91 Å². The van der Waals surface area contributed by atoms with E-state index >= 15 is 0 Å². The average molecular weight is 286 g/mol. The van der Waals surface area contributed by atoms with E-state index in [1.807, 2.05) is 0 Å². The highest BCUT2D eigenvalue weighted by Gasteiger charge is 2.44. The first kappa shape index (κ1) is 16.4. The molecular weight excluding hydrogens is 264 g/mol. The molecule has 20 heavy (non-hydrogen) atoms. The lowest BCUT2D eigenvalue weighted by molar-refractivity contribution is -0.149. The number of amides is 1. The highest BCUT2D eigenvalue weighted by atomic mass is 16.5. The number of hydrogen-bond acceptors (Lipinski definition) is 5. The predicted octanol–water partition coefficient (Wildman–Crippen LogP) is 0.0428. The lowest BCUT2D eigenvalue weighted by atomic mass is 9.77. The lowest BCUT2D eigenvalue weighted by Crippen LogP contribution is -2.59. The number of nitrogens with one attached hydrogen (secondary N) is 2. The van der Waals surface area contributed by atoms with Gasteiger partial charge in [0.15, 0.2) is 0 Å². The summed E-state index contributed by atoms with van der Waals surface area (Å²) in [5, 5.41) is 14.5. The Morgan fingerprint density at radius 1 is 1.30 bits per heavy atom. The van der Waals surface area contributed by atoms with Crippen molar-refractivity contribution >= 4 is 17.8 Å². The summed E-state index contributed by atoms with van der Waals surface area (Å²) in [4.78, 5) is 33.7. The SMILES string of the molecule is CCOC(=O)CCCNC(=O)CNC1(C(=O)O)CCC1. The molecular formula is C13H22N2O5. The third kappa shape index (κ3) is 4.80. The highest BCUT2D eigenvalue weighted by molar-refractivity contribution is 5.83. The lowest BCUT2D eigenvalue weighted by Gasteiger charge is -2.38. The Labute approximate surface area is 118 Å². The second kappa shape index (κ2) is 7.84. The fraction of sp³-hybridized carbons (Fsp3) is 0.769. The van der Waals surface area contributed by atoms with Crippen LogP contribution in [-0.4, -0.2) is 48.2 Å². The minimum Gasteiger partial charge on any atom is -0.480 e. The van der Waals surface area contributed by atoms with Crippen LogP contribution in [-0.2, 0) is 19.1 Å². The maximum absolute atomic E-state index is 11.5. The number of esters is 1. The Balaban J connectivity index is 2.12. The number of carboxylic acids is 1. The predicted molar refractivity (Wildman–Crippen MR) is 71.1 cm³/mol. The van der Waals surface area contributed by atoms with Crippen molar-refractivity contribution in [3.63, 3.8) is 0 Å². The first-order valence-corrected chi connectivity index (χ1v) is 6.91. The molecule has 1 fully saturated rings. The van der Waals surface area contributed by atoms with Crippen LogP contribution >= 0.6 is 0 Å². The van der Waals surface area contributed by atoms with Gasteiger partial charge >= 0.3 is 11.9 Å². The summed E-state index contributed by atoms with van der Waals surface area (Å²) in [6.07, 6.45) is 2.74. The molecule has 0 aromatic heterocycles.